The SMILES string of the molecule is CC(C)(C)c1csc(OC(=O)N2CCCCC2)n1. The number of amides is 1. The molecule has 1 aliphatic heterocycles. The zero-order valence-corrected chi connectivity index (χ0v) is 12.0. The van der Waals surface area contributed by atoms with Gasteiger partial charge < -0.3 is 9.64 Å². The maximum absolute atomic E-state index is 11.9. The van der Waals surface area contributed by atoms with E-state index in [4.69, 9.17) is 4.74 Å². The van der Waals surface area contributed by atoms with Gasteiger partial charge in [-0.15, -0.1) is 0 Å². The van der Waals surface area contributed by atoms with Crippen molar-refractivity contribution in [3.8, 4) is 5.19 Å². The van der Waals surface area contributed by atoms with Crippen molar-refractivity contribution >= 4 is 17.4 Å². The lowest BCUT2D eigenvalue weighted by Crippen LogP contribution is -2.37. The summed E-state index contributed by atoms with van der Waals surface area (Å²) in [4.78, 5) is 18.0. The zero-order valence-electron chi connectivity index (χ0n) is 11.2. The summed E-state index contributed by atoms with van der Waals surface area (Å²) in [7, 11) is 0. The Hall–Kier alpha value is -1.10. The summed E-state index contributed by atoms with van der Waals surface area (Å²) in [5, 5.41) is 2.41. The molecule has 100 valence electrons. The Bertz CT molecular complexity index is 417. The van der Waals surface area contributed by atoms with Gasteiger partial charge in [-0.05, 0) is 19.3 Å². The Labute approximate surface area is 112 Å². The van der Waals surface area contributed by atoms with Crippen LogP contribution in [0.4, 0.5) is 4.79 Å². The summed E-state index contributed by atoms with van der Waals surface area (Å²) in [6, 6.07) is 0. The van der Waals surface area contributed by atoms with Crippen molar-refractivity contribution in [3.63, 3.8) is 0 Å². The number of likely N-dealkylation sites (tertiary alicyclic amines) is 1. The van der Waals surface area contributed by atoms with Crippen molar-refractivity contribution < 1.29 is 9.53 Å². The number of hydrogen-bond acceptors (Lipinski definition) is 4. The van der Waals surface area contributed by atoms with Gasteiger partial charge in [-0.3, -0.25) is 0 Å². The molecule has 0 unspecified atom stereocenters. The molecule has 0 radical (unpaired) electrons. The van der Waals surface area contributed by atoms with E-state index >= 15 is 0 Å². The maximum atomic E-state index is 11.9. The predicted octanol–water partition coefficient (Wildman–Crippen LogP) is 3.43. The first kappa shape index (κ1) is 13.3. The van der Waals surface area contributed by atoms with Crippen LogP contribution in [0.15, 0.2) is 5.38 Å². The van der Waals surface area contributed by atoms with Crippen LogP contribution in [-0.4, -0.2) is 29.1 Å². The molecule has 5 heteroatoms. The van der Waals surface area contributed by atoms with E-state index in [0.717, 1.165) is 31.6 Å². The number of aromatic nitrogens is 1. The highest BCUT2D eigenvalue weighted by Crippen LogP contribution is 2.28. The van der Waals surface area contributed by atoms with Crippen LogP contribution in [0.1, 0.15) is 45.7 Å². The van der Waals surface area contributed by atoms with Gasteiger partial charge in [0.25, 0.3) is 5.19 Å². The van der Waals surface area contributed by atoms with Crippen LogP contribution in [0.3, 0.4) is 0 Å². The third-order valence-corrected chi connectivity index (χ3v) is 3.76. The van der Waals surface area contributed by atoms with Crippen molar-refractivity contribution in [1.29, 1.82) is 0 Å². The minimum Gasteiger partial charge on any atom is -0.381 e. The van der Waals surface area contributed by atoms with Gasteiger partial charge in [-0.1, -0.05) is 32.1 Å². The Morgan fingerprint density at radius 2 is 2.00 bits per heavy atom. The molecule has 1 aromatic heterocycles. The first-order valence-electron chi connectivity index (χ1n) is 6.39. The molecule has 0 saturated carbocycles. The van der Waals surface area contributed by atoms with Crippen molar-refractivity contribution in [3.05, 3.63) is 11.1 Å². The van der Waals surface area contributed by atoms with Crippen molar-refractivity contribution in [2.45, 2.75) is 45.4 Å². The Morgan fingerprint density at radius 3 is 2.56 bits per heavy atom. The fourth-order valence-electron chi connectivity index (χ4n) is 1.86. The lowest BCUT2D eigenvalue weighted by atomic mass is 9.93. The summed E-state index contributed by atoms with van der Waals surface area (Å²) in [5.41, 5.74) is 0.959. The van der Waals surface area contributed by atoms with Crippen LogP contribution < -0.4 is 4.74 Å². The van der Waals surface area contributed by atoms with Gasteiger partial charge in [-0.2, -0.15) is 0 Å². The molecule has 1 fully saturated rings. The van der Waals surface area contributed by atoms with Crippen molar-refractivity contribution in [2.24, 2.45) is 0 Å². The largest absolute Gasteiger partial charge is 0.417 e. The lowest BCUT2D eigenvalue weighted by Gasteiger charge is -2.25. The lowest BCUT2D eigenvalue weighted by molar-refractivity contribution is 0.142. The number of nitrogens with zero attached hydrogens (tertiary/aromatic N) is 2. The van der Waals surface area contributed by atoms with Gasteiger partial charge in [0, 0.05) is 23.9 Å². The highest BCUT2D eigenvalue weighted by atomic mass is 32.1. The molecule has 0 N–H and O–H groups in total. The number of carbonyl (C=O) groups is 1. The minimum absolute atomic E-state index is 0.00766. The van der Waals surface area contributed by atoms with E-state index in [2.05, 4.69) is 25.8 Å². The second-order valence-corrected chi connectivity index (χ2v) is 6.48. The zero-order chi connectivity index (χ0) is 13.2. The molecule has 1 amide bonds. The molecule has 4 nitrogen and oxygen atoms in total. The van der Waals surface area contributed by atoms with Crippen molar-refractivity contribution in [2.75, 3.05) is 13.1 Å². The number of ether oxygens (including phenoxy) is 1. The molecule has 18 heavy (non-hydrogen) atoms. The molecular formula is C13H20N2O2S. The van der Waals surface area contributed by atoms with E-state index < -0.39 is 0 Å². The Morgan fingerprint density at radius 1 is 1.33 bits per heavy atom. The average Bonchev–Trinajstić information content (AvgIpc) is 2.78. The van der Waals surface area contributed by atoms with Crippen molar-refractivity contribution in [1.82, 2.24) is 9.88 Å². The molecule has 1 aliphatic rings. The first-order chi connectivity index (χ1) is 8.47. The van der Waals surface area contributed by atoms with Gasteiger partial charge in [-0.25, -0.2) is 9.78 Å². The average molecular weight is 268 g/mol. The summed E-state index contributed by atoms with van der Waals surface area (Å²) < 4.78 is 5.32. The summed E-state index contributed by atoms with van der Waals surface area (Å²) in [6.07, 6.45) is 3.08. The second kappa shape index (κ2) is 5.26. The highest BCUT2D eigenvalue weighted by Gasteiger charge is 2.22. The first-order valence-corrected chi connectivity index (χ1v) is 7.27. The van der Waals surface area contributed by atoms with Gasteiger partial charge in [0.05, 0.1) is 5.69 Å². The molecule has 2 heterocycles. The maximum Gasteiger partial charge on any atom is 0.417 e. The molecule has 0 spiro atoms. The van der Waals surface area contributed by atoms with Crippen LogP contribution >= 0.6 is 11.3 Å². The topological polar surface area (TPSA) is 42.4 Å². The Kier molecular flexibility index (Phi) is 3.90. The second-order valence-electron chi connectivity index (χ2n) is 5.66. The third-order valence-electron chi connectivity index (χ3n) is 3.04. The minimum atomic E-state index is -0.260. The molecule has 1 saturated heterocycles. The molecule has 1 aromatic rings. The van der Waals surface area contributed by atoms with Gasteiger partial charge >= 0.3 is 6.09 Å². The van der Waals surface area contributed by atoms with Gasteiger partial charge in [0.15, 0.2) is 0 Å². The predicted molar refractivity (Wildman–Crippen MR) is 72.3 cm³/mol. The smallest absolute Gasteiger partial charge is 0.381 e. The van der Waals surface area contributed by atoms with Crippen LogP contribution in [0.2, 0.25) is 0 Å². The van der Waals surface area contributed by atoms with E-state index in [1.54, 1.807) is 4.90 Å². The monoisotopic (exact) mass is 268 g/mol. The molecule has 2 rings (SSSR count). The molecule has 0 aromatic carbocycles. The van der Waals surface area contributed by atoms with Crippen LogP contribution in [-0.2, 0) is 5.41 Å². The third kappa shape index (κ3) is 3.22. The van der Waals surface area contributed by atoms with Crippen LogP contribution in [0.5, 0.6) is 5.19 Å². The molecular weight excluding hydrogens is 248 g/mol. The fourth-order valence-corrected chi connectivity index (χ4v) is 2.75. The quantitative estimate of drug-likeness (QED) is 0.783. The van der Waals surface area contributed by atoms with E-state index in [0.29, 0.717) is 5.19 Å². The molecule has 0 bridgehead atoms. The summed E-state index contributed by atoms with van der Waals surface area (Å²) in [6.45, 7) is 7.89. The Balaban J connectivity index is 1.96. The van der Waals surface area contributed by atoms with Gasteiger partial charge in [0.1, 0.15) is 0 Å². The van der Waals surface area contributed by atoms with Crippen LogP contribution in [0.25, 0.3) is 0 Å². The molecule has 0 atom stereocenters. The summed E-state index contributed by atoms with van der Waals surface area (Å²) in [5.74, 6) is 0. The number of carbonyl (C=O) groups excluding carboxylic acids is 1. The van der Waals surface area contributed by atoms with E-state index in [1.165, 1.54) is 17.8 Å². The highest BCUT2D eigenvalue weighted by molar-refractivity contribution is 7.11. The standard InChI is InChI=1S/C13H20N2O2S/c1-13(2,3)10-9-18-11(14-10)17-12(16)15-7-5-4-6-8-15/h9H,4-8H2,1-3H3. The summed E-state index contributed by atoms with van der Waals surface area (Å²) >= 11 is 1.39. The number of rotatable bonds is 1. The normalized spacial score (nSPS) is 16.7. The number of hydrogen-bond donors (Lipinski definition) is 0. The van der Waals surface area contributed by atoms with E-state index in [9.17, 15) is 4.79 Å². The van der Waals surface area contributed by atoms with Crippen LogP contribution in [0, 0.1) is 0 Å². The number of thiazole rings is 1. The van der Waals surface area contributed by atoms with Gasteiger partial charge in [0.2, 0.25) is 0 Å². The van der Waals surface area contributed by atoms with E-state index in [1.807, 2.05) is 5.38 Å². The van der Waals surface area contributed by atoms with E-state index in [-0.39, 0.29) is 11.5 Å². The molecule has 0 aliphatic carbocycles. The number of piperidine rings is 1. The fraction of sp³-hybridized carbons (Fsp3) is 0.692.